The second kappa shape index (κ2) is 9.79. The normalized spacial score (nSPS) is 12.4. The van der Waals surface area contributed by atoms with Crippen molar-refractivity contribution >= 4 is 21.6 Å². The molecule has 3 rings (SSSR count). The zero-order valence-electron chi connectivity index (χ0n) is 18.0. The van der Waals surface area contributed by atoms with Crippen LogP contribution in [0.5, 0.6) is 0 Å². The maximum absolute atomic E-state index is 12.9. The van der Waals surface area contributed by atoms with Gasteiger partial charge < -0.3 is 5.32 Å². The predicted molar refractivity (Wildman–Crippen MR) is 125 cm³/mol. The second-order valence-corrected chi connectivity index (χ2v) is 9.70. The number of rotatable bonds is 8. The molecule has 0 radical (unpaired) electrons. The van der Waals surface area contributed by atoms with Crippen LogP contribution in [0.3, 0.4) is 0 Å². The van der Waals surface area contributed by atoms with Gasteiger partial charge in [0.1, 0.15) is 0 Å². The molecule has 0 saturated heterocycles. The SMILES string of the molecule is Cc1cc(C(=O)N[C@@H](CC(C)C)c2ccccc2)ccc1NS(=O)(=O)c1ccccc1. The van der Waals surface area contributed by atoms with E-state index in [1.54, 1.807) is 43.3 Å². The number of sulfonamides is 1. The third kappa shape index (κ3) is 5.95. The maximum Gasteiger partial charge on any atom is 0.261 e. The number of carbonyl (C=O) groups excluding carboxylic acids is 1. The molecule has 0 bridgehead atoms. The second-order valence-electron chi connectivity index (χ2n) is 8.01. The largest absolute Gasteiger partial charge is 0.345 e. The Labute approximate surface area is 184 Å². The van der Waals surface area contributed by atoms with Crippen LogP contribution in [0.1, 0.15) is 47.8 Å². The van der Waals surface area contributed by atoms with Crippen molar-refractivity contribution in [3.8, 4) is 0 Å². The summed E-state index contributed by atoms with van der Waals surface area (Å²) in [6.07, 6.45) is 0.823. The summed E-state index contributed by atoms with van der Waals surface area (Å²) in [7, 11) is -3.69. The zero-order valence-corrected chi connectivity index (χ0v) is 18.8. The van der Waals surface area contributed by atoms with Crippen molar-refractivity contribution in [2.24, 2.45) is 5.92 Å². The molecule has 5 nitrogen and oxygen atoms in total. The molecule has 3 aromatic rings. The Bertz CT molecular complexity index is 1130. The van der Waals surface area contributed by atoms with Crippen LogP contribution in [0, 0.1) is 12.8 Å². The smallest absolute Gasteiger partial charge is 0.261 e. The standard InChI is InChI=1S/C25H28N2O3S/c1-18(2)16-24(20-10-6-4-7-11-20)26-25(28)21-14-15-23(19(3)17-21)27-31(29,30)22-12-8-5-9-13-22/h4-15,17-18,24,27H,16H2,1-3H3,(H,26,28)/t24-/m0/s1. The van der Waals surface area contributed by atoms with Gasteiger partial charge in [0.15, 0.2) is 0 Å². The van der Waals surface area contributed by atoms with Gasteiger partial charge in [0.05, 0.1) is 16.6 Å². The van der Waals surface area contributed by atoms with E-state index in [1.165, 1.54) is 12.1 Å². The fourth-order valence-electron chi connectivity index (χ4n) is 3.40. The summed E-state index contributed by atoms with van der Waals surface area (Å²) in [5.74, 6) is 0.233. The lowest BCUT2D eigenvalue weighted by Crippen LogP contribution is -2.29. The first-order valence-corrected chi connectivity index (χ1v) is 11.8. The molecule has 31 heavy (non-hydrogen) atoms. The fraction of sp³-hybridized carbons (Fsp3) is 0.240. The first-order valence-electron chi connectivity index (χ1n) is 10.3. The van der Waals surface area contributed by atoms with Crippen LogP contribution in [0.15, 0.2) is 83.8 Å². The van der Waals surface area contributed by atoms with Crippen LogP contribution in [0.4, 0.5) is 5.69 Å². The van der Waals surface area contributed by atoms with Gasteiger partial charge >= 0.3 is 0 Å². The van der Waals surface area contributed by atoms with E-state index in [0.717, 1.165) is 12.0 Å². The lowest BCUT2D eigenvalue weighted by Gasteiger charge is -2.21. The van der Waals surface area contributed by atoms with E-state index in [2.05, 4.69) is 23.9 Å². The minimum atomic E-state index is -3.69. The summed E-state index contributed by atoms with van der Waals surface area (Å²) in [6, 6.07) is 23.0. The third-order valence-electron chi connectivity index (χ3n) is 5.00. The Kier molecular flexibility index (Phi) is 7.13. The topological polar surface area (TPSA) is 75.3 Å². The molecule has 2 N–H and O–H groups in total. The van der Waals surface area contributed by atoms with Gasteiger partial charge in [-0.05, 0) is 60.7 Å². The molecule has 0 aliphatic carbocycles. The van der Waals surface area contributed by atoms with E-state index in [-0.39, 0.29) is 16.8 Å². The molecule has 0 aliphatic heterocycles. The average Bonchev–Trinajstić information content (AvgIpc) is 2.75. The molecule has 0 unspecified atom stereocenters. The number of benzene rings is 3. The molecule has 0 aliphatic rings. The van der Waals surface area contributed by atoms with Crippen molar-refractivity contribution in [3.63, 3.8) is 0 Å². The summed E-state index contributed by atoms with van der Waals surface area (Å²) >= 11 is 0. The Morgan fingerprint density at radius 1 is 0.903 bits per heavy atom. The number of amides is 1. The first-order chi connectivity index (χ1) is 14.8. The van der Waals surface area contributed by atoms with Gasteiger partial charge in [-0.15, -0.1) is 0 Å². The van der Waals surface area contributed by atoms with Crippen molar-refractivity contribution in [2.45, 2.75) is 38.1 Å². The van der Waals surface area contributed by atoms with Crippen LogP contribution < -0.4 is 10.0 Å². The van der Waals surface area contributed by atoms with Crippen LogP contribution in [0.2, 0.25) is 0 Å². The third-order valence-corrected chi connectivity index (χ3v) is 6.38. The number of hydrogen-bond donors (Lipinski definition) is 2. The molecule has 6 heteroatoms. The summed E-state index contributed by atoms with van der Waals surface area (Å²) in [4.78, 5) is 13.1. The molecule has 0 spiro atoms. The highest BCUT2D eigenvalue weighted by Crippen LogP contribution is 2.24. The van der Waals surface area contributed by atoms with E-state index >= 15 is 0 Å². The number of nitrogens with one attached hydrogen (secondary N) is 2. The molecular weight excluding hydrogens is 408 g/mol. The average molecular weight is 437 g/mol. The number of hydrogen-bond acceptors (Lipinski definition) is 3. The number of carbonyl (C=O) groups is 1. The molecule has 0 saturated carbocycles. The van der Waals surface area contributed by atoms with Gasteiger partial charge in [-0.2, -0.15) is 0 Å². The summed E-state index contributed by atoms with van der Waals surface area (Å²) in [5, 5.41) is 3.12. The monoisotopic (exact) mass is 436 g/mol. The zero-order chi connectivity index (χ0) is 22.4. The van der Waals surface area contributed by atoms with Crippen molar-refractivity contribution in [2.75, 3.05) is 4.72 Å². The predicted octanol–water partition coefficient (Wildman–Crippen LogP) is 5.31. The molecule has 0 heterocycles. The lowest BCUT2D eigenvalue weighted by atomic mass is 9.96. The Morgan fingerprint density at radius 2 is 1.52 bits per heavy atom. The molecular formula is C25H28N2O3S. The van der Waals surface area contributed by atoms with E-state index in [4.69, 9.17) is 0 Å². The number of aryl methyl sites for hydroxylation is 1. The molecule has 0 fully saturated rings. The Hall–Kier alpha value is -3.12. The number of anilines is 1. The minimum absolute atomic E-state index is 0.0923. The lowest BCUT2D eigenvalue weighted by molar-refractivity contribution is 0.0932. The van der Waals surface area contributed by atoms with Gasteiger partial charge in [0.2, 0.25) is 0 Å². The molecule has 1 amide bonds. The quantitative estimate of drug-likeness (QED) is 0.502. The fourth-order valence-corrected chi connectivity index (χ4v) is 4.55. The van der Waals surface area contributed by atoms with Crippen LogP contribution in [0.25, 0.3) is 0 Å². The van der Waals surface area contributed by atoms with Crippen molar-refractivity contribution in [1.82, 2.24) is 5.32 Å². The summed E-state index contributed by atoms with van der Waals surface area (Å²) in [6.45, 7) is 6.03. The molecule has 162 valence electrons. The van der Waals surface area contributed by atoms with Gasteiger partial charge in [0.25, 0.3) is 15.9 Å². The van der Waals surface area contributed by atoms with Crippen LogP contribution in [-0.2, 0) is 10.0 Å². The van der Waals surface area contributed by atoms with Crippen molar-refractivity contribution in [3.05, 3.63) is 95.6 Å². The maximum atomic E-state index is 12.9. The van der Waals surface area contributed by atoms with Crippen molar-refractivity contribution in [1.29, 1.82) is 0 Å². The van der Waals surface area contributed by atoms with Gasteiger partial charge in [0, 0.05) is 5.56 Å². The Balaban J connectivity index is 1.77. The summed E-state index contributed by atoms with van der Waals surface area (Å²) in [5.41, 5.74) is 2.67. The van der Waals surface area contributed by atoms with E-state index in [9.17, 15) is 13.2 Å². The first kappa shape index (κ1) is 22.6. The van der Waals surface area contributed by atoms with Gasteiger partial charge in [-0.25, -0.2) is 8.42 Å². The van der Waals surface area contributed by atoms with E-state index < -0.39 is 10.0 Å². The Morgan fingerprint density at radius 3 is 2.10 bits per heavy atom. The highest BCUT2D eigenvalue weighted by molar-refractivity contribution is 7.92. The minimum Gasteiger partial charge on any atom is -0.345 e. The highest BCUT2D eigenvalue weighted by atomic mass is 32.2. The molecule has 0 aromatic heterocycles. The van der Waals surface area contributed by atoms with Gasteiger partial charge in [-0.3, -0.25) is 9.52 Å². The van der Waals surface area contributed by atoms with E-state index in [0.29, 0.717) is 22.7 Å². The van der Waals surface area contributed by atoms with E-state index in [1.807, 2.05) is 30.3 Å². The van der Waals surface area contributed by atoms with Gasteiger partial charge in [-0.1, -0.05) is 62.4 Å². The highest BCUT2D eigenvalue weighted by Gasteiger charge is 2.19. The molecule has 3 aromatic carbocycles. The van der Waals surface area contributed by atoms with Crippen molar-refractivity contribution < 1.29 is 13.2 Å². The molecule has 1 atom stereocenters. The summed E-state index contributed by atoms with van der Waals surface area (Å²) < 4.78 is 27.8. The van der Waals surface area contributed by atoms with Crippen LogP contribution >= 0.6 is 0 Å². The van der Waals surface area contributed by atoms with Crippen LogP contribution in [-0.4, -0.2) is 14.3 Å².